The number of hydrogen-bond acceptors (Lipinski definition) is 4. The maximum atomic E-state index is 12.5. The lowest BCUT2D eigenvalue weighted by molar-refractivity contribution is -0.385. The summed E-state index contributed by atoms with van der Waals surface area (Å²) >= 11 is 0. The topological polar surface area (TPSA) is 72.7 Å². The largest absolute Gasteiger partial charge is 0.477 e. The van der Waals surface area contributed by atoms with Gasteiger partial charge in [0.2, 0.25) is 0 Å². The summed E-state index contributed by atoms with van der Waals surface area (Å²) in [6, 6.07) is 15.4. The second kappa shape index (κ2) is 8.67. The molecule has 0 aliphatic rings. The molecule has 0 N–H and O–H groups in total. The van der Waals surface area contributed by atoms with Crippen molar-refractivity contribution in [2.24, 2.45) is 0 Å². The maximum absolute atomic E-state index is 12.5. The fraction of sp³-hybridized carbons (Fsp3) is 0.278. The van der Waals surface area contributed by atoms with E-state index in [2.05, 4.69) is 6.92 Å². The molecule has 6 nitrogen and oxygen atoms in total. The van der Waals surface area contributed by atoms with Crippen molar-refractivity contribution in [3.8, 4) is 5.75 Å². The quantitative estimate of drug-likeness (QED) is 0.545. The highest BCUT2D eigenvalue weighted by molar-refractivity contribution is 5.94. The molecular weight excluding hydrogens is 308 g/mol. The van der Waals surface area contributed by atoms with Crippen molar-refractivity contribution in [2.45, 2.75) is 19.8 Å². The molecule has 0 radical (unpaired) electrons. The molecule has 0 bridgehead atoms. The molecule has 0 aliphatic heterocycles. The molecular formula is C18H20N2O4. The number of carbonyl (C=O) groups is 1. The number of rotatable bonds is 8. The molecule has 0 aromatic heterocycles. The molecule has 24 heavy (non-hydrogen) atoms. The number of benzene rings is 2. The summed E-state index contributed by atoms with van der Waals surface area (Å²) in [7, 11) is 0. The molecule has 126 valence electrons. The minimum Gasteiger partial charge on any atom is -0.477 e. The van der Waals surface area contributed by atoms with Crippen LogP contribution >= 0.6 is 0 Å². The van der Waals surface area contributed by atoms with Gasteiger partial charge in [-0.2, -0.15) is 0 Å². The number of nitrogens with zero attached hydrogens (tertiary/aromatic N) is 2. The Hall–Kier alpha value is -2.89. The van der Waals surface area contributed by atoms with Crippen molar-refractivity contribution in [3.63, 3.8) is 0 Å². The fourth-order valence-corrected chi connectivity index (χ4v) is 2.27. The lowest BCUT2D eigenvalue weighted by Crippen LogP contribution is -2.35. The zero-order chi connectivity index (χ0) is 17.4. The number of nitro benzene ring substituents is 1. The molecule has 0 fully saturated rings. The standard InChI is InChI=1S/C18H20N2O4/c1-2-3-13-19(15-9-5-4-6-10-15)18(21)14-24-17-12-8-7-11-16(17)20(22)23/h4-12H,2-3,13-14H2,1H3. The van der Waals surface area contributed by atoms with Crippen LogP contribution in [-0.2, 0) is 4.79 Å². The van der Waals surface area contributed by atoms with Crippen LogP contribution in [0.25, 0.3) is 0 Å². The molecule has 0 atom stereocenters. The lowest BCUT2D eigenvalue weighted by Gasteiger charge is -2.22. The van der Waals surface area contributed by atoms with Crippen molar-refractivity contribution in [3.05, 3.63) is 64.7 Å². The molecule has 2 aromatic carbocycles. The Kier molecular flexibility index (Phi) is 6.31. The highest BCUT2D eigenvalue weighted by atomic mass is 16.6. The SMILES string of the molecule is CCCCN(C(=O)COc1ccccc1[N+](=O)[O-])c1ccccc1. The van der Waals surface area contributed by atoms with Gasteiger partial charge in [-0.05, 0) is 24.6 Å². The van der Waals surface area contributed by atoms with Crippen LogP contribution in [0.5, 0.6) is 5.75 Å². The number of anilines is 1. The Morgan fingerprint density at radius 3 is 2.46 bits per heavy atom. The van der Waals surface area contributed by atoms with Gasteiger partial charge in [-0.1, -0.05) is 43.7 Å². The summed E-state index contributed by atoms with van der Waals surface area (Å²) < 4.78 is 5.41. The van der Waals surface area contributed by atoms with Gasteiger partial charge in [-0.25, -0.2) is 0 Å². The summed E-state index contributed by atoms with van der Waals surface area (Å²) in [4.78, 5) is 24.7. The van der Waals surface area contributed by atoms with E-state index in [0.29, 0.717) is 6.54 Å². The first kappa shape index (κ1) is 17.5. The van der Waals surface area contributed by atoms with Gasteiger partial charge < -0.3 is 9.64 Å². The van der Waals surface area contributed by atoms with E-state index in [0.717, 1.165) is 18.5 Å². The van der Waals surface area contributed by atoms with Crippen molar-refractivity contribution in [1.29, 1.82) is 0 Å². The number of amides is 1. The van der Waals surface area contributed by atoms with Gasteiger partial charge in [-0.3, -0.25) is 14.9 Å². The first-order valence-electron chi connectivity index (χ1n) is 7.85. The smallest absolute Gasteiger partial charge is 0.310 e. The Morgan fingerprint density at radius 2 is 1.79 bits per heavy atom. The Balaban J connectivity index is 2.10. The fourth-order valence-electron chi connectivity index (χ4n) is 2.27. The van der Waals surface area contributed by atoms with Crippen molar-refractivity contribution in [2.75, 3.05) is 18.1 Å². The van der Waals surface area contributed by atoms with Gasteiger partial charge in [0.1, 0.15) is 0 Å². The van der Waals surface area contributed by atoms with E-state index in [1.807, 2.05) is 30.3 Å². The van der Waals surface area contributed by atoms with Crippen LogP contribution in [0.2, 0.25) is 0 Å². The third kappa shape index (κ3) is 4.55. The molecule has 0 spiro atoms. The second-order valence-electron chi connectivity index (χ2n) is 5.25. The Morgan fingerprint density at radius 1 is 1.12 bits per heavy atom. The molecule has 2 aromatic rings. The number of unbranched alkanes of at least 4 members (excludes halogenated alkanes) is 1. The summed E-state index contributed by atoms with van der Waals surface area (Å²) in [5, 5.41) is 11.0. The van der Waals surface area contributed by atoms with Crippen LogP contribution in [-0.4, -0.2) is 24.0 Å². The average molecular weight is 328 g/mol. The van der Waals surface area contributed by atoms with Gasteiger partial charge in [0.25, 0.3) is 5.91 Å². The van der Waals surface area contributed by atoms with Crippen LogP contribution in [0.4, 0.5) is 11.4 Å². The predicted molar refractivity (Wildman–Crippen MR) is 92.3 cm³/mol. The summed E-state index contributed by atoms with van der Waals surface area (Å²) in [5.41, 5.74) is 0.646. The van der Waals surface area contributed by atoms with E-state index >= 15 is 0 Å². The second-order valence-corrected chi connectivity index (χ2v) is 5.25. The van der Waals surface area contributed by atoms with Crippen molar-refractivity contribution >= 4 is 17.3 Å². The van der Waals surface area contributed by atoms with E-state index in [1.165, 1.54) is 12.1 Å². The number of para-hydroxylation sites is 3. The average Bonchev–Trinajstić information content (AvgIpc) is 2.61. The molecule has 6 heteroatoms. The predicted octanol–water partition coefficient (Wildman–Crippen LogP) is 3.81. The van der Waals surface area contributed by atoms with E-state index in [1.54, 1.807) is 17.0 Å². The molecule has 2 rings (SSSR count). The van der Waals surface area contributed by atoms with E-state index in [4.69, 9.17) is 4.74 Å². The normalized spacial score (nSPS) is 10.2. The van der Waals surface area contributed by atoms with E-state index < -0.39 is 4.92 Å². The Bertz CT molecular complexity index is 688. The molecule has 0 heterocycles. The third-order valence-electron chi connectivity index (χ3n) is 3.52. The molecule has 0 saturated heterocycles. The van der Waals surface area contributed by atoms with Gasteiger partial charge in [0.15, 0.2) is 12.4 Å². The Labute approximate surface area is 140 Å². The van der Waals surface area contributed by atoms with E-state index in [9.17, 15) is 14.9 Å². The van der Waals surface area contributed by atoms with Crippen molar-refractivity contribution < 1.29 is 14.5 Å². The molecule has 0 aliphatic carbocycles. The highest BCUT2D eigenvalue weighted by Crippen LogP contribution is 2.26. The van der Waals surface area contributed by atoms with Gasteiger partial charge in [-0.15, -0.1) is 0 Å². The zero-order valence-corrected chi connectivity index (χ0v) is 13.6. The molecule has 0 unspecified atom stereocenters. The van der Waals surface area contributed by atoms with Crippen molar-refractivity contribution in [1.82, 2.24) is 0 Å². The summed E-state index contributed by atoms with van der Waals surface area (Å²) in [6.45, 7) is 2.39. The zero-order valence-electron chi connectivity index (χ0n) is 13.6. The molecule has 0 saturated carbocycles. The van der Waals surface area contributed by atoms with Gasteiger partial charge in [0, 0.05) is 18.3 Å². The first-order valence-corrected chi connectivity index (χ1v) is 7.85. The number of hydrogen-bond donors (Lipinski definition) is 0. The minimum absolute atomic E-state index is 0.0966. The number of nitro groups is 1. The highest BCUT2D eigenvalue weighted by Gasteiger charge is 2.19. The van der Waals surface area contributed by atoms with Crippen LogP contribution in [0, 0.1) is 10.1 Å². The third-order valence-corrected chi connectivity index (χ3v) is 3.52. The van der Waals surface area contributed by atoms with Crippen LogP contribution < -0.4 is 9.64 Å². The summed E-state index contributed by atoms with van der Waals surface area (Å²) in [6.07, 6.45) is 1.83. The van der Waals surface area contributed by atoms with Gasteiger partial charge in [0.05, 0.1) is 4.92 Å². The van der Waals surface area contributed by atoms with Gasteiger partial charge >= 0.3 is 5.69 Å². The first-order chi connectivity index (χ1) is 11.6. The minimum atomic E-state index is -0.522. The van der Waals surface area contributed by atoms with E-state index in [-0.39, 0.29) is 24.0 Å². The van der Waals surface area contributed by atoms with Crippen LogP contribution in [0.15, 0.2) is 54.6 Å². The lowest BCUT2D eigenvalue weighted by atomic mass is 10.2. The maximum Gasteiger partial charge on any atom is 0.310 e. The van der Waals surface area contributed by atoms with Crippen LogP contribution in [0.3, 0.4) is 0 Å². The number of carbonyl (C=O) groups excluding carboxylic acids is 1. The molecule has 1 amide bonds. The monoisotopic (exact) mass is 328 g/mol. The number of ether oxygens (including phenoxy) is 1. The van der Waals surface area contributed by atoms with Crippen LogP contribution in [0.1, 0.15) is 19.8 Å². The summed E-state index contributed by atoms with van der Waals surface area (Å²) in [5.74, 6) is -0.132.